The first-order chi connectivity index (χ1) is 7.52. The van der Waals surface area contributed by atoms with Crippen molar-refractivity contribution >= 4 is 17.6 Å². The Bertz CT molecular complexity index is 388. The summed E-state index contributed by atoms with van der Waals surface area (Å²) in [6, 6.07) is -0.383. The SMILES string of the molecule is CCOC(=O)C(CC)n1nc(C)c(Cl)c1C. The van der Waals surface area contributed by atoms with Gasteiger partial charge in [-0.2, -0.15) is 5.10 Å². The number of hydrogen-bond acceptors (Lipinski definition) is 3. The highest BCUT2D eigenvalue weighted by Gasteiger charge is 2.24. The lowest BCUT2D eigenvalue weighted by atomic mass is 10.2. The Labute approximate surface area is 101 Å². The predicted molar refractivity (Wildman–Crippen MR) is 62.7 cm³/mol. The molecule has 0 aliphatic carbocycles. The van der Waals surface area contributed by atoms with Gasteiger partial charge in [0, 0.05) is 0 Å². The molecule has 90 valence electrons. The smallest absolute Gasteiger partial charge is 0.330 e. The third kappa shape index (κ3) is 2.38. The van der Waals surface area contributed by atoms with Crippen LogP contribution in [-0.2, 0) is 9.53 Å². The minimum atomic E-state index is -0.383. The van der Waals surface area contributed by atoms with Gasteiger partial charge < -0.3 is 4.74 Å². The van der Waals surface area contributed by atoms with Crippen LogP contribution in [0, 0.1) is 13.8 Å². The average molecular weight is 245 g/mol. The van der Waals surface area contributed by atoms with Crippen LogP contribution in [0.2, 0.25) is 5.02 Å². The van der Waals surface area contributed by atoms with Crippen LogP contribution in [0.15, 0.2) is 0 Å². The molecule has 0 fully saturated rings. The zero-order valence-electron chi connectivity index (χ0n) is 10.1. The molecule has 1 rings (SSSR count). The van der Waals surface area contributed by atoms with E-state index in [9.17, 15) is 4.79 Å². The number of ether oxygens (including phenoxy) is 1. The van der Waals surface area contributed by atoms with Crippen LogP contribution in [0.1, 0.15) is 37.7 Å². The molecule has 0 N–H and O–H groups in total. The van der Waals surface area contributed by atoms with Gasteiger partial charge in [0.1, 0.15) is 6.04 Å². The lowest BCUT2D eigenvalue weighted by Crippen LogP contribution is -2.23. The van der Waals surface area contributed by atoms with Crippen molar-refractivity contribution < 1.29 is 9.53 Å². The van der Waals surface area contributed by atoms with Gasteiger partial charge in [0.2, 0.25) is 0 Å². The molecular formula is C11H17ClN2O2. The molecule has 0 aliphatic rings. The van der Waals surface area contributed by atoms with Gasteiger partial charge in [0.25, 0.3) is 0 Å². The molecule has 0 saturated heterocycles. The molecule has 0 spiro atoms. The molecule has 0 saturated carbocycles. The molecule has 1 atom stereocenters. The number of carbonyl (C=O) groups is 1. The van der Waals surface area contributed by atoms with E-state index in [4.69, 9.17) is 16.3 Å². The van der Waals surface area contributed by atoms with Crippen molar-refractivity contribution in [1.82, 2.24) is 9.78 Å². The minimum Gasteiger partial charge on any atom is -0.464 e. The third-order valence-electron chi connectivity index (χ3n) is 2.48. The number of esters is 1. The Hall–Kier alpha value is -1.03. The van der Waals surface area contributed by atoms with Crippen LogP contribution in [0.25, 0.3) is 0 Å². The molecule has 0 radical (unpaired) electrons. The van der Waals surface area contributed by atoms with E-state index in [1.807, 2.05) is 20.8 Å². The summed E-state index contributed by atoms with van der Waals surface area (Å²) >= 11 is 6.05. The van der Waals surface area contributed by atoms with E-state index in [1.165, 1.54) is 0 Å². The highest BCUT2D eigenvalue weighted by Crippen LogP contribution is 2.24. The topological polar surface area (TPSA) is 44.1 Å². The first-order valence-corrected chi connectivity index (χ1v) is 5.78. The summed E-state index contributed by atoms with van der Waals surface area (Å²) in [7, 11) is 0. The van der Waals surface area contributed by atoms with Crippen LogP contribution in [-0.4, -0.2) is 22.4 Å². The van der Waals surface area contributed by atoms with E-state index in [2.05, 4.69) is 5.10 Å². The standard InChI is InChI=1S/C11H17ClN2O2/c1-5-9(11(15)16-6-2)14-8(4)10(12)7(3)13-14/h9H,5-6H2,1-4H3. The number of hydrogen-bond donors (Lipinski definition) is 0. The summed E-state index contributed by atoms with van der Waals surface area (Å²) < 4.78 is 6.66. The Morgan fingerprint density at radius 2 is 2.12 bits per heavy atom. The molecule has 0 amide bonds. The summed E-state index contributed by atoms with van der Waals surface area (Å²) in [5.41, 5.74) is 1.54. The second-order valence-corrected chi connectivity index (χ2v) is 3.98. The van der Waals surface area contributed by atoms with Crippen LogP contribution in [0.3, 0.4) is 0 Å². The zero-order valence-corrected chi connectivity index (χ0v) is 10.8. The molecular weight excluding hydrogens is 228 g/mol. The van der Waals surface area contributed by atoms with Crippen LogP contribution < -0.4 is 0 Å². The van der Waals surface area contributed by atoms with E-state index < -0.39 is 0 Å². The molecule has 5 heteroatoms. The Morgan fingerprint density at radius 3 is 2.50 bits per heavy atom. The number of carbonyl (C=O) groups excluding carboxylic acids is 1. The van der Waals surface area contributed by atoms with Crippen LogP contribution in [0.4, 0.5) is 0 Å². The highest BCUT2D eigenvalue weighted by atomic mass is 35.5. The highest BCUT2D eigenvalue weighted by molar-refractivity contribution is 6.31. The van der Waals surface area contributed by atoms with Gasteiger partial charge in [-0.05, 0) is 27.2 Å². The summed E-state index contributed by atoms with van der Waals surface area (Å²) in [6.07, 6.45) is 0.636. The number of rotatable bonds is 4. The number of aryl methyl sites for hydroxylation is 1. The minimum absolute atomic E-state index is 0.257. The lowest BCUT2D eigenvalue weighted by molar-refractivity contribution is -0.147. The fourth-order valence-corrected chi connectivity index (χ4v) is 1.75. The molecule has 0 aliphatic heterocycles. The summed E-state index contributed by atoms with van der Waals surface area (Å²) in [5.74, 6) is -0.257. The molecule has 0 bridgehead atoms. The van der Waals surface area contributed by atoms with Crippen molar-refractivity contribution in [3.8, 4) is 0 Å². The normalized spacial score (nSPS) is 12.6. The van der Waals surface area contributed by atoms with E-state index >= 15 is 0 Å². The van der Waals surface area contributed by atoms with Gasteiger partial charge in [0.05, 0.1) is 23.0 Å². The lowest BCUT2D eigenvalue weighted by Gasteiger charge is -2.15. The van der Waals surface area contributed by atoms with E-state index in [1.54, 1.807) is 11.6 Å². The molecule has 16 heavy (non-hydrogen) atoms. The first kappa shape index (κ1) is 13.0. The zero-order chi connectivity index (χ0) is 12.3. The Kier molecular flexibility index (Phi) is 4.35. The maximum absolute atomic E-state index is 11.7. The van der Waals surface area contributed by atoms with Crippen molar-refractivity contribution in [2.24, 2.45) is 0 Å². The summed E-state index contributed by atoms with van der Waals surface area (Å²) in [4.78, 5) is 11.7. The maximum atomic E-state index is 11.7. The van der Waals surface area contributed by atoms with Gasteiger partial charge in [0.15, 0.2) is 0 Å². The van der Waals surface area contributed by atoms with Crippen LogP contribution in [0.5, 0.6) is 0 Å². The second-order valence-electron chi connectivity index (χ2n) is 3.61. The van der Waals surface area contributed by atoms with E-state index in [0.29, 0.717) is 18.1 Å². The first-order valence-electron chi connectivity index (χ1n) is 5.40. The summed E-state index contributed by atoms with van der Waals surface area (Å²) in [5, 5.41) is 4.88. The molecule has 0 aromatic carbocycles. The van der Waals surface area contributed by atoms with Crippen molar-refractivity contribution in [3.63, 3.8) is 0 Å². The van der Waals surface area contributed by atoms with Crippen molar-refractivity contribution in [1.29, 1.82) is 0 Å². The van der Waals surface area contributed by atoms with E-state index in [-0.39, 0.29) is 12.0 Å². The van der Waals surface area contributed by atoms with Gasteiger partial charge in [-0.3, -0.25) is 4.68 Å². The average Bonchev–Trinajstić information content (AvgIpc) is 2.48. The Balaban J connectivity index is 3.04. The largest absolute Gasteiger partial charge is 0.464 e. The fraction of sp³-hybridized carbons (Fsp3) is 0.636. The molecule has 1 aromatic rings. The number of nitrogens with zero attached hydrogens (tertiary/aromatic N) is 2. The number of halogens is 1. The van der Waals surface area contributed by atoms with Crippen molar-refractivity contribution in [2.75, 3.05) is 6.61 Å². The third-order valence-corrected chi connectivity index (χ3v) is 3.02. The molecule has 1 heterocycles. The van der Waals surface area contributed by atoms with Crippen molar-refractivity contribution in [3.05, 3.63) is 16.4 Å². The predicted octanol–water partition coefficient (Wildman–Crippen LogP) is 2.67. The monoisotopic (exact) mass is 244 g/mol. The van der Waals surface area contributed by atoms with Gasteiger partial charge in [-0.1, -0.05) is 18.5 Å². The molecule has 4 nitrogen and oxygen atoms in total. The molecule has 1 unspecified atom stereocenters. The summed E-state index contributed by atoms with van der Waals surface area (Å²) in [6.45, 7) is 7.76. The van der Waals surface area contributed by atoms with Crippen LogP contribution >= 0.6 is 11.6 Å². The number of aromatic nitrogens is 2. The molecule has 1 aromatic heterocycles. The maximum Gasteiger partial charge on any atom is 0.330 e. The quantitative estimate of drug-likeness (QED) is 0.765. The second kappa shape index (κ2) is 5.34. The fourth-order valence-electron chi connectivity index (χ4n) is 1.62. The van der Waals surface area contributed by atoms with Gasteiger partial charge in [-0.25, -0.2) is 4.79 Å². The van der Waals surface area contributed by atoms with Gasteiger partial charge >= 0.3 is 5.97 Å². The Morgan fingerprint density at radius 1 is 1.50 bits per heavy atom. The van der Waals surface area contributed by atoms with E-state index in [0.717, 1.165) is 11.4 Å². The van der Waals surface area contributed by atoms with Gasteiger partial charge in [-0.15, -0.1) is 0 Å². The van der Waals surface area contributed by atoms with Crippen molar-refractivity contribution in [2.45, 2.75) is 40.2 Å².